The maximum absolute atomic E-state index is 5.81. The van der Waals surface area contributed by atoms with Gasteiger partial charge in [0.2, 0.25) is 0 Å². The normalized spacial score (nSPS) is 11.2. The number of imidazole rings is 1. The molecule has 0 atom stereocenters. The largest absolute Gasteiger partial charge is 0.493 e. The second-order valence-corrected chi connectivity index (χ2v) is 5.80. The van der Waals surface area contributed by atoms with E-state index in [1.807, 2.05) is 19.3 Å². The molecule has 0 saturated carbocycles. The van der Waals surface area contributed by atoms with E-state index >= 15 is 0 Å². The topological polar surface area (TPSA) is 26.5 Å². The molecule has 3 rings (SSSR count). The molecule has 0 aliphatic carbocycles. The van der Waals surface area contributed by atoms with E-state index in [0.29, 0.717) is 6.61 Å². The number of fused-ring (bicyclic) bond motifs is 1. The molecule has 0 spiro atoms. The van der Waals surface area contributed by atoms with Crippen LogP contribution in [0.5, 0.6) is 5.75 Å². The fourth-order valence-electron chi connectivity index (χ4n) is 2.46. The Balaban J connectivity index is 2.28. The third kappa shape index (κ3) is 2.10. The molecule has 104 valence electrons. The lowest BCUT2D eigenvalue weighted by Gasteiger charge is -2.12. The van der Waals surface area contributed by atoms with Crippen LogP contribution in [0.15, 0.2) is 30.6 Å². The van der Waals surface area contributed by atoms with E-state index in [2.05, 4.69) is 41.4 Å². The second-order valence-electron chi connectivity index (χ2n) is 4.74. The van der Waals surface area contributed by atoms with Crippen LogP contribution >= 0.6 is 11.3 Å². The highest BCUT2D eigenvalue weighted by Gasteiger charge is 2.17. The van der Waals surface area contributed by atoms with E-state index in [0.717, 1.165) is 22.7 Å². The third-order valence-corrected chi connectivity index (χ3v) is 4.55. The number of ether oxygens (including phenoxy) is 1. The molecule has 3 aromatic rings. The first-order valence-corrected chi connectivity index (χ1v) is 7.74. The number of benzene rings is 1. The Morgan fingerprint density at radius 2 is 2.15 bits per heavy atom. The summed E-state index contributed by atoms with van der Waals surface area (Å²) in [6, 6.07) is 6.36. The Bertz CT molecular complexity index is 742. The molecule has 0 fully saturated rings. The molecule has 0 bridgehead atoms. The maximum Gasteiger partial charge on any atom is 0.194 e. The van der Waals surface area contributed by atoms with E-state index in [9.17, 15) is 0 Å². The van der Waals surface area contributed by atoms with Gasteiger partial charge in [0.15, 0.2) is 4.96 Å². The Kier molecular flexibility index (Phi) is 3.49. The van der Waals surface area contributed by atoms with Gasteiger partial charge in [0.05, 0.1) is 12.3 Å². The van der Waals surface area contributed by atoms with Gasteiger partial charge in [-0.05, 0) is 32.4 Å². The second kappa shape index (κ2) is 5.29. The summed E-state index contributed by atoms with van der Waals surface area (Å²) in [7, 11) is 0. The minimum Gasteiger partial charge on any atom is -0.493 e. The maximum atomic E-state index is 5.81. The quantitative estimate of drug-likeness (QED) is 0.713. The highest BCUT2D eigenvalue weighted by molar-refractivity contribution is 7.17. The van der Waals surface area contributed by atoms with Crippen molar-refractivity contribution < 1.29 is 4.74 Å². The summed E-state index contributed by atoms with van der Waals surface area (Å²) in [5, 5.41) is 0. The predicted octanol–water partition coefficient (Wildman–Crippen LogP) is 4.33. The first kappa shape index (κ1) is 13.2. The van der Waals surface area contributed by atoms with E-state index in [1.54, 1.807) is 11.3 Å². The Labute approximate surface area is 122 Å². The SMILES string of the molecule is CCOc1ccc(C)cc1-c1c(CC)sc2nccn12. The molecule has 0 radical (unpaired) electrons. The van der Waals surface area contributed by atoms with Crippen LogP contribution in [-0.2, 0) is 6.42 Å². The summed E-state index contributed by atoms with van der Waals surface area (Å²) in [6.07, 6.45) is 4.88. The molecule has 0 unspecified atom stereocenters. The lowest BCUT2D eigenvalue weighted by atomic mass is 10.1. The molecule has 0 aliphatic heterocycles. The van der Waals surface area contributed by atoms with Crippen LogP contribution in [0.4, 0.5) is 0 Å². The number of aromatic nitrogens is 2. The first-order valence-electron chi connectivity index (χ1n) is 6.93. The van der Waals surface area contributed by atoms with Crippen molar-refractivity contribution in [3.8, 4) is 17.0 Å². The molecule has 3 nitrogen and oxygen atoms in total. The van der Waals surface area contributed by atoms with Gasteiger partial charge in [-0.3, -0.25) is 4.40 Å². The molecular formula is C16H18N2OS. The fraction of sp³-hybridized carbons (Fsp3) is 0.312. The van der Waals surface area contributed by atoms with Crippen molar-refractivity contribution in [2.75, 3.05) is 6.61 Å². The van der Waals surface area contributed by atoms with E-state index in [1.165, 1.54) is 16.1 Å². The molecule has 0 amide bonds. The molecule has 2 aromatic heterocycles. The van der Waals surface area contributed by atoms with Crippen molar-refractivity contribution >= 4 is 16.3 Å². The van der Waals surface area contributed by atoms with Crippen LogP contribution in [0.25, 0.3) is 16.2 Å². The standard InChI is InChI=1S/C16H18N2OS/c1-4-14-15(18-9-8-17-16(18)20-14)12-10-11(3)6-7-13(12)19-5-2/h6-10H,4-5H2,1-3H3. The van der Waals surface area contributed by atoms with Crippen molar-refractivity contribution in [2.45, 2.75) is 27.2 Å². The van der Waals surface area contributed by atoms with Gasteiger partial charge in [0.25, 0.3) is 0 Å². The molecule has 2 heterocycles. The van der Waals surface area contributed by atoms with E-state index < -0.39 is 0 Å². The highest BCUT2D eigenvalue weighted by Crippen LogP contribution is 2.37. The van der Waals surface area contributed by atoms with E-state index in [4.69, 9.17) is 4.74 Å². The summed E-state index contributed by atoms with van der Waals surface area (Å²) >= 11 is 1.75. The smallest absolute Gasteiger partial charge is 0.194 e. The molecule has 0 aliphatic rings. The van der Waals surface area contributed by atoms with Crippen molar-refractivity contribution in [1.29, 1.82) is 0 Å². The molecule has 1 aromatic carbocycles. The zero-order valence-electron chi connectivity index (χ0n) is 12.0. The van der Waals surface area contributed by atoms with Gasteiger partial charge in [0, 0.05) is 22.8 Å². The van der Waals surface area contributed by atoms with Gasteiger partial charge in [-0.1, -0.05) is 18.6 Å². The minimum absolute atomic E-state index is 0.675. The fourth-order valence-corrected chi connectivity index (χ4v) is 3.49. The summed E-state index contributed by atoms with van der Waals surface area (Å²) in [6.45, 7) is 6.99. The predicted molar refractivity (Wildman–Crippen MR) is 83.8 cm³/mol. The zero-order valence-corrected chi connectivity index (χ0v) is 12.8. The van der Waals surface area contributed by atoms with Crippen molar-refractivity contribution in [3.63, 3.8) is 0 Å². The van der Waals surface area contributed by atoms with Crippen LogP contribution < -0.4 is 4.74 Å². The van der Waals surface area contributed by atoms with Crippen LogP contribution in [0.1, 0.15) is 24.3 Å². The Morgan fingerprint density at radius 3 is 2.90 bits per heavy atom. The molecule has 4 heteroatoms. The number of thiazole rings is 1. The molecular weight excluding hydrogens is 268 g/mol. The average Bonchev–Trinajstić information content (AvgIpc) is 3.00. The lowest BCUT2D eigenvalue weighted by molar-refractivity contribution is 0.341. The summed E-state index contributed by atoms with van der Waals surface area (Å²) in [4.78, 5) is 6.80. The molecule has 0 N–H and O–H groups in total. The number of hydrogen-bond donors (Lipinski definition) is 0. The molecule has 20 heavy (non-hydrogen) atoms. The third-order valence-electron chi connectivity index (χ3n) is 3.34. The first-order chi connectivity index (χ1) is 9.74. The van der Waals surface area contributed by atoms with Crippen LogP contribution in [0, 0.1) is 6.92 Å². The summed E-state index contributed by atoms with van der Waals surface area (Å²) in [5.74, 6) is 0.946. The van der Waals surface area contributed by atoms with Crippen LogP contribution in [0.3, 0.4) is 0 Å². The van der Waals surface area contributed by atoms with Crippen LogP contribution in [0.2, 0.25) is 0 Å². The van der Waals surface area contributed by atoms with Crippen LogP contribution in [-0.4, -0.2) is 16.0 Å². The van der Waals surface area contributed by atoms with Gasteiger partial charge in [-0.2, -0.15) is 0 Å². The minimum atomic E-state index is 0.675. The number of nitrogens with zero attached hydrogens (tertiary/aromatic N) is 2. The number of aryl methyl sites for hydroxylation is 2. The van der Waals surface area contributed by atoms with Crippen molar-refractivity contribution in [2.24, 2.45) is 0 Å². The van der Waals surface area contributed by atoms with Gasteiger partial charge in [-0.15, -0.1) is 11.3 Å². The van der Waals surface area contributed by atoms with Crippen molar-refractivity contribution in [3.05, 3.63) is 41.0 Å². The number of rotatable bonds is 4. The summed E-state index contributed by atoms with van der Waals surface area (Å²) < 4.78 is 7.98. The van der Waals surface area contributed by atoms with Crippen molar-refractivity contribution in [1.82, 2.24) is 9.38 Å². The van der Waals surface area contributed by atoms with Gasteiger partial charge < -0.3 is 4.74 Å². The number of hydrogen-bond acceptors (Lipinski definition) is 3. The monoisotopic (exact) mass is 286 g/mol. The van der Waals surface area contributed by atoms with E-state index in [-0.39, 0.29) is 0 Å². The lowest BCUT2D eigenvalue weighted by Crippen LogP contribution is -1.97. The Hall–Kier alpha value is -1.81. The zero-order chi connectivity index (χ0) is 14.1. The Morgan fingerprint density at radius 1 is 1.30 bits per heavy atom. The molecule has 0 saturated heterocycles. The average molecular weight is 286 g/mol. The highest BCUT2D eigenvalue weighted by atomic mass is 32.1. The summed E-state index contributed by atoms with van der Waals surface area (Å²) in [5.41, 5.74) is 3.62. The van der Waals surface area contributed by atoms with Gasteiger partial charge >= 0.3 is 0 Å². The van der Waals surface area contributed by atoms with Gasteiger partial charge in [-0.25, -0.2) is 4.98 Å². The van der Waals surface area contributed by atoms with Gasteiger partial charge in [0.1, 0.15) is 5.75 Å².